The fraction of sp³-hybridized carbons (Fsp3) is 0.127. The molecule has 0 bridgehead atoms. The van der Waals surface area contributed by atoms with Crippen molar-refractivity contribution in [3.63, 3.8) is 0 Å². The summed E-state index contributed by atoms with van der Waals surface area (Å²) in [5.41, 5.74) is 24.2. The van der Waals surface area contributed by atoms with E-state index in [2.05, 4.69) is 286 Å². The van der Waals surface area contributed by atoms with Crippen LogP contribution in [0.1, 0.15) is 80.1 Å². The number of aromatic nitrogens is 1. The van der Waals surface area contributed by atoms with E-state index in [-0.39, 0.29) is 10.8 Å². The maximum atomic E-state index is 4.45. The second kappa shape index (κ2) is 17.5. The van der Waals surface area contributed by atoms with Crippen LogP contribution in [0.3, 0.4) is 0 Å². The summed E-state index contributed by atoms with van der Waals surface area (Å²) in [7, 11) is 0. The molecule has 1 heterocycles. The zero-order valence-corrected chi connectivity index (χ0v) is 42.9. The number of rotatable bonds is 10. The number of anilines is 6. The van der Waals surface area contributed by atoms with Gasteiger partial charge in [0, 0.05) is 67.0 Å². The molecule has 9 aromatic carbocycles. The molecular weight excluding hydrogens is 895 g/mol. The molecule has 3 heteroatoms. The number of fused-ring (bicyclic) bond motifs is 8. The van der Waals surface area contributed by atoms with Gasteiger partial charge in [0.05, 0.1) is 11.2 Å². The van der Waals surface area contributed by atoms with Crippen molar-refractivity contribution in [3.8, 4) is 16.8 Å². The maximum Gasteiger partial charge on any atom is 0.0540 e. The molecule has 3 aliphatic rings. The zero-order valence-electron chi connectivity index (χ0n) is 42.9. The molecule has 3 nitrogen and oxygen atoms in total. The van der Waals surface area contributed by atoms with Gasteiger partial charge >= 0.3 is 0 Å². The van der Waals surface area contributed by atoms with Crippen LogP contribution in [0.5, 0.6) is 0 Å². The third-order valence-corrected chi connectivity index (χ3v) is 16.4. The van der Waals surface area contributed by atoms with Crippen LogP contribution in [0, 0.1) is 0 Å². The third kappa shape index (κ3) is 7.17. The molecule has 1 aromatic heterocycles. The van der Waals surface area contributed by atoms with Crippen LogP contribution in [0.4, 0.5) is 34.1 Å². The summed E-state index contributed by atoms with van der Waals surface area (Å²) in [6.45, 7) is 16.2. The van der Waals surface area contributed by atoms with Crippen molar-refractivity contribution in [1.29, 1.82) is 0 Å². The van der Waals surface area contributed by atoms with Crippen LogP contribution in [-0.2, 0) is 17.3 Å². The van der Waals surface area contributed by atoms with E-state index in [1.165, 1.54) is 94.3 Å². The van der Waals surface area contributed by atoms with Gasteiger partial charge in [-0.15, -0.1) is 0 Å². The first-order chi connectivity index (χ1) is 36.1. The average molecular weight is 954 g/mol. The van der Waals surface area contributed by atoms with Gasteiger partial charge in [0.15, 0.2) is 0 Å². The first kappa shape index (κ1) is 45.2. The van der Waals surface area contributed by atoms with Gasteiger partial charge in [-0.25, -0.2) is 0 Å². The predicted molar refractivity (Wildman–Crippen MR) is 315 cm³/mol. The highest BCUT2D eigenvalue weighted by atomic mass is 15.2. The van der Waals surface area contributed by atoms with E-state index in [4.69, 9.17) is 0 Å². The predicted octanol–water partition coefficient (Wildman–Crippen LogP) is 19.3. The van der Waals surface area contributed by atoms with E-state index < -0.39 is 0 Å². The Bertz CT molecular complexity index is 3970. The third-order valence-electron chi connectivity index (χ3n) is 16.4. The van der Waals surface area contributed by atoms with Crippen molar-refractivity contribution in [1.82, 2.24) is 4.57 Å². The van der Waals surface area contributed by atoms with Gasteiger partial charge in [0.2, 0.25) is 0 Å². The second-order valence-corrected chi connectivity index (χ2v) is 21.3. The average Bonchev–Trinajstić information content (AvgIpc) is 3.97. The standard InChI is InChI=1S/C71H59N3/c1-7-56-59-40-38-54(45-65(59)71(5,6)64(56)43-47(2)49-33-42-69-62(44-49)61-29-17-19-31-68(61)74(69)51-25-12-9-13-26-51)72(55-39-41-60-58-28-16-18-30-63(58)70(3,4)66(60)46-55)52-34-36-53(37-35-52)73(50-23-10-8-11-24-50)67-32-20-22-48-21-14-15-27-57(48)67/h7-18,20-30,32-46H,1,19,31H2,2-6H3/b47-43+. The highest BCUT2D eigenvalue weighted by molar-refractivity contribution is 6.00. The van der Waals surface area contributed by atoms with Gasteiger partial charge < -0.3 is 14.4 Å². The highest BCUT2D eigenvalue weighted by Crippen LogP contribution is 2.53. The Kier molecular flexibility index (Phi) is 10.7. The lowest BCUT2D eigenvalue weighted by Crippen LogP contribution is -2.18. The minimum Gasteiger partial charge on any atom is -0.313 e. The number of hydrogen-bond acceptors (Lipinski definition) is 2. The summed E-state index contributed by atoms with van der Waals surface area (Å²) in [4.78, 5) is 4.84. The number of hydrogen-bond donors (Lipinski definition) is 0. The molecule has 0 aliphatic heterocycles. The van der Waals surface area contributed by atoms with Crippen molar-refractivity contribution in [2.45, 2.75) is 58.3 Å². The van der Waals surface area contributed by atoms with Crippen molar-refractivity contribution < 1.29 is 0 Å². The van der Waals surface area contributed by atoms with Gasteiger partial charge in [0.25, 0.3) is 0 Å². The van der Waals surface area contributed by atoms with Gasteiger partial charge in [-0.2, -0.15) is 0 Å². The molecule has 13 rings (SSSR count). The molecular formula is C71H59N3. The van der Waals surface area contributed by atoms with Crippen LogP contribution >= 0.6 is 0 Å². The van der Waals surface area contributed by atoms with E-state index in [0.717, 1.165) is 47.0 Å². The van der Waals surface area contributed by atoms with Crippen molar-refractivity contribution in [2.75, 3.05) is 9.80 Å². The SMILES string of the molecule is C=CC1=C(/C=C(\C)c2ccc3c(c2)c2c(n3-c3ccccc3)CCC=C2)C(C)(C)c2cc(N(c3ccc(N(c4ccccc4)c4cccc5ccccc45)cc3)c3ccc4c(c3)C(C)(C)c3ccccc3-4)ccc21. The Morgan fingerprint density at radius 2 is 1.14 bits per heavy atom. The summed E-state index contributed by atoms with van der Waals surface area (Å²) in [5.74, 6) is 0. The molecule has 0 unspecified atom stereocenters. The smallest absolute Gasteiger partial charge is 0.0540 e. The molecule has 0 amide bonds. The first-order valence-corrected chi connectivity index (χ1v) is 26.2. The lowest BCUT2D eigenvalue weighted by molar-refractivity contribution is 0.654. The van der Waals surface area contributed by atoms with E-state index in [1.54, 1.807) is 0 Å². The number of benzene rings is 9. The van der Waals surface area contributed by atoms with Gasteiger partial charge in [-0.05, 0) is 172 Å². The lowest BCUT2D eigenvalue weighted by Gasteiger charge is -2.31. The fourth-order valence-electron chi connectivity index (χ4n) is 12.6. The number of para-hydroxylation sites is 2. The van der Waals surface area contributed by atoms with Crippen molar-refractivity contribution in [2.24, 2.45) is 0 Å². The minimum absolute atomic E-state index is 0.152. The maximum absolute atomic E-state index is 4.45. The number of allylic oxidation sites excluding steroid dienone is 6. The quantitative estimate of drug-likeness (QED) is 0.135. The first-order valence-electron chi connectivity index (χ1n) is 26.2. The van der Waals surface area contributed by atoms with E-state index in [9.17, 15) is 0 Å². The van der Waals surface area contributed by atoms with Crippen LogP contribution in [0.2, 0.25) is 0 Å². The monoisotopic (exact) mass is 953 g/mol. The summed E-state index contributed by atoms with van der Waals surface area (Å²) < 4.78 is 2.47. The number of nitrogens with zero attached hydrogens (tertiary/aromatic N) is 3. The van der Waals surface area contributed by atoms with Gasteiger partial charge in [-0.1, -0.05) is 174 Å². The topological polar surface area (TPSA) is 11.4 Å². The Morgan fingerprint density at radius 3 is 1.89 bits per heavy atom. The van der Waals surface area contributed by atoms with Gasteiger partial charge in [0.1, 0.15) is 0 Å². The molecule has 10 aromatic rings. The minimum atomic E-state index is -0.315. The van der Waals surface area contributed by atoms with Crippen molar-refractivity contribution in [3.05, 3.63) is 276 Å². The molecule has 0 atom stereocenters. The molecule has 0 spiro atoms. The fourth-order valence-corrected chi connectivity index (χ4v) is 12.6. The van der Waals surface area contributed by atoms with E-state index in [0.29, 0.717) is 0 Å². The Labute approximate surface area is 436 Å². The van der Waals surface area contributed by atoms with Crippen LogP contribution < -0.4 is 9.80 Å². The Hall–Kier alpha value is -8.66. The van der Waals surface area contributed by atoms with Crippen LogP contribution in [-0.4, -0.2) is 4.57 Å². The highest BCUT2D eigenvalue weighted by Gasteiger charge is 2.38. The summed E-state index contributed by atoms with van der Waals surface area (Å²) in [6, 6.07) is 76.1. The molecule has 0 radical (unpaired) electrons. The molecule has 74 heavy (non-hydrogen) atoms. The molecule has 0 fully saturated rings. The lowest BCUT2D eigenvalue weighted by atomic mass is 9.80. The van der Waals surface area contributed by atoms with E-state index >= 15 is 0 Å². The molecule has 3 aliphatic carbocycles. The van der Waals surface area contributed by atoms with Crippen LogP contribution in [0.25, 0.3) is 55.7 Å². The largest absolute Gasteiger partial charge is 0.313 e. The normalized spacial score (nSPS) is 15.0. The van der Waals surface area contributed by atoms with E-state index in [1.807, 2.05) is 0 Å². The Balaban J connectivity index is 0.914. The molecule has 0 N–H and O–H groups in total. The molecule has 0 saturated heterocycles. The molecule has 0 saturated carbocycles. The van der Waals surface area contributed by atoms with Crippen LogP contribution in [0.15, 0.2) is 237 Å². The summed E-state index contributed by atoms with van der Waals surface area (Å²) >= 11 is 0. The zero-order chi connectivity index (χ0) is 50.3. The summed E-state index contributed by atoms with van der Waals surface area (Å²) in [6.07, 6.45) is 11.3. The molecule has 358 valence electrons. The van der Waals surface area contributed by atoms with Crippen molar-refractivity contribution >= 4 is 73.0 Å². The Morgan fingerprint density at radius 1 is 0.527 bits per heavy atom. The summed E-state index contributed by atoms with van der Waals surface area (Å²) in [5, 5.41) is 3.72. The second-order valence-electron chi connectivity index (χ2n) is 21.3. The van der Waals surface area contributed by atoms with Gasteiger partial charge in [-0.3, -0.25) is 0 Å².